The van der Waals surface area contributed by atoms with Crippen molar-refractivity contribution in [2.45, 2.75) is 71.4 Å². The van der Waals surface area contributed by atoms with Crippen molar-refractivity contribution in [1.29, 1.82) is 0 Å². The van der Waals surface area contributed by atoms with E-state index in [1.54, 1.807) is 25.3 Å². The fourth-order valence-electron chi connectivity index (χ4n) is 9.06. The van der Waals surface area contributed by atoms with Gasteiger partial charge >= 0.3 is 11.9 Å². The third kappa shape index (κ3) is 3.33. The number of Topliss-reactive ketones (excluding diaryl/α,β-unsaturated/α-hetero) is 1. The number of esters is 2. The van der Waals surface area contributed by atoms with Crippen LogP contribution >= 0.6 is 0 Å². The Kier molecular flexibility index (Phi) is 5.85. The predicted octanol–water partition coefficient (Wildman–Crippen LogP) is 3.16. The molecular weight excluding hydrogens is 492 g/mol. The van der Waals surface area contributed by atoms with Crippen molar-refractivity contribution < 1.29 is 43.2 Å². The number of hydrogen-bond donors (Lipinski definition) is 1. The van der Waals surface area contributed by atoms with E-state index in [-0.39, 0.29) is 48.6 Å². The van der Waals surface area contributed by atoms with Crippen molar-refractivity contribution in [3.8, 4) is 11.5 Å². The SMILES string of the molecule is CO[C@H]1[C@H](C)[C@@H]2CC(=O)O[C@@H]3C[C@H]4[C@H](C)C[C@H](O)C(=O)[C@]4(C)[C@@H]([C@@H]1OC(=O)c1ccc4c(c1)OCO4)[C@@]32C. The normalized spacial score (nSPS) is 45.1. The van der Waals surface area contributed by atoms with Gasteiger partial charge in [0.25, 0.3) is 0 Å². The molecule has 1 aromatic rings. The molecule has 0 radical (unpaired) electrons. The first-order valence-electron chi connectivity index (χ1n) is 13.6. The predicted molar refractivity (Wildman–Crippen MR) is 132 cm³/mol. The summed E-state index contributed by atoms with van der Waals surface area (Å²) in [6, 6.07) is 4.89. The molecule has 5 aliphatic rings. The zero-order valence-electron chi connectivity index (χ0n) is 22.5. The van der Waals surface area contributed by atoms with Crippen LogP contribution in [0.2, 0.25) is 0 Å². The van der Waals surface area contributed by atoms with Crippen LogP contribution < -0.4 is 9.47 Å². The Morgan fingerprint density at radius 3 is 2.53 bits per heavy atom. The third-order valence-corrected chi connectivity index (χ3v) is 10.8. The van der Waals surface area contributed by atoms with Crippen molar-refractivity contribution in [2.75, 3.05) is 13.9 Å². The highest BCUT2D eigenvalue weighted by Crippen LogP contribution is 2.69. The van der Waals surface area contributed by atoms with Gasteiger partial charge in [-0.15, -0.1) is 0 Å². The van der Waals surface area contributed by atoms with Crippen LogP contribution in [0.5, 0.6) is 11.5 Å². The molecule has 1 aromatic carbocycles. The summed E-state index contributed by atoms with van der Waals surface area (Å²) in [7, 11) is 1.58. The highest BCUT2D eigenvalue weighted by Gasteiger charge is 2.74. The zero-order valence-corrected chi connectivity index (χ0v) is 22.5. The lowest BCUT2D eigenvalue weighted by Crippen LogP contribution is -2.75. The van der Waals surface area contributed by atoms with E-state index in [9.17, 15) is 19.5 Å². The van der Waals surface area contributed by atoms with E-state index in [1.165, 1.54) is 0 Å². The Morgan fingerprint density at radius 1 is 1.05 bits per heavy atom. The van der Waals surface area contributed by atoms with Crippen molar-refractivity contribution in [2.24, 2.45) is 40.4 Å². The topological polar surface area (TPSA) is 118 Å². The standard InChI is InChI=1S/C29H36O9/c1-13-8-18(30)26(32)29(4)16(13)10-21-28(3)17(11-22(31)37-21)14(2)23(34-5)24(25(28)29)38-27(33)15-6-7-19-20(9-15)36-12-35-19/h6-7,9,13-14,16-18,21,23-25,30H,8,10-12H2,1-5H3/t13-,14-,16+,17+,18+,21-,23+,24-,25+,28-,29+/m1/s1. The summed E-state index contributed by atoms with van der Waals surface area (Å²) in [5, 5.41) is 10.9. The maximum Gasteiger partial charge on any atom is 0.338 e. The molecule has 0 bridgehead atoms. The molecule has 3 saturated carbocycles. The van der Waals surface area contributed by atoms with Crippen molar-refractivity contribution in [3.05, 3.63) is 23.8 Å². The molecule has 206 valence electrons. The minimum absolute atomic E-state index is 0.0156. The first-order valence-corrected chi connectivity index (χ1v) is 13.6. The number of aliphatic hydroxyl groups excluding tert-OH is 1. The number of ether oxygens (including phenoxy) is 5. The number of hydrogen-bond acceptors (Lipinski definition) is 9. The van der Waals surface area contributed by atoms with Gasteiger partial charge in [0, 0.05) is 30.3 Å². The lowest BCUT2D eigenvalue weighted by molar-refractivity contribution is -0.284. The number of aliphatic hydroxyl groups is 1. The molecule has 2 heterocycles. The van der Waals surface area contributed by atoms with Gasteiger partial charge in [-0.2, -0.15) is 0 Å². The Labute approximate surface area is 222 Å². The van der Waals surface area contributed by atoms with Gasteiger partial charge in [0.1, 0.15) is 18.3 Å². The first kappa shape index (κ1) is 25.6. The molecule has 2 aliphatic heterocycles. The van der Waals surface area contributed by atoms with Crippen LogP contribution in [0.3, 0.4) is 0 Å². The average molecular weight is 529 g/mol. The molecule has 0 spiro atoms. The number of fused-ring (bicyclic) bond motifs is 3. The summed E-state index contributed by atoms with van der Waals surface area (Å²) in [5.74, 6) is -0.943. The first-order chi connectivity index (χ1) is 18.0. The second-order valence-electron chi connectivity index (χ2n) is 12.3. The van der Waals surface area contributed by atoms with Crippen LogP contribution in [0.1, 0.15) is 57.3 Å². The Bertz CT molecular complexity index is 1180. The Hall–Kier alpha value is -2.65. The van der Waals surface area contributed by atoms with Gasteiger partial charge in [0.2, 0.25) is 6.79 Å². The lowest BCUT2D eigenvalue weighted by atomic mass is 9.37. The van der Waals surface area contributed by atoms with Crippen LogP contribution in [0.4, 0.5) is 0 Å². The average Bonchev–Trinajstić information content (AvgIpc) is 3.34. The molecule has 0 unspecified atom stereocenters. The van der Waals surface area contributed by atoms with Crippen LogP contribution in [-0.4, -0.2) is 61.1 Å². The van der Waals surface area contributed by atoms with Crippen molar-refractivity contribution in [1.82, 2.24) is 0 Å². The summed E-state index contributed by atoms with van der Waals surface area (Å²) < 4.78 is 29.2. The highest BCUT2D eigenvalue weighted by atomic mass is 16.7. The van der Waals surface area contributed by atoms with Crippen LogP contribution in [-0.2, 0) is 23.8 Å². The number of ketones is 1. The summed E-state index contributed by atoms with van der Waals surface area (Å²) in [4.78, 5) is 40.4. The maximum absolute atomic E-state index is 13.9. The molecule has 1 N–H and O–H groups in total. The van der Waals surface area contributed by atoms with Crippen LogP contribution in [0.25, 0.3) is 0 Å². The zero-order chi connectivity index (χ0) is 27.1. The Morgan fingerprint density at radius 2 is 1.79 bits per heavy atom. The second kappa shape index (κ2) is 8.68. The molecule has 4 fully saturated rings. The van der Waals surface area contributed by atoms with E-state index >= 15 is 0 Å². The van der Waals surface area contributed by atoms with Crippen LogP contribution in [0.15, 0.2) is 18.2 Å². The number of benzene rings is 1. The van der Waals surface area contributed by atoms with E-state index in [0.29, 0.717) is 29.9 Å². The smallest absolute Gasteiger partial charge is 0.338 e. The summed E-state index contributed by atoms with van der Waals surface area (Å²) in [6.45, 7) is 8.14. The highest BCUT2D eigenvalue weighted by molar-refractivity contribution is 5.92. The largest absolute Gasteiger partial charge is 0.462 e. The molecule has 1 saturated heterocycles. The Balaban J connectivity index is 1.47. The van der Waals surface area contributed by atoms with Gasteiger partial charge in [-0.05, 0) is 54.7 Å². The monoisotopic (exact) mass is 528 g/mol. The van der Waals surface area contributed by atoms with E-state index < -0.39 is 47.1 Å². The van der Waals surface area contributed by atoms with Gasteiger partial charge in [-0.1, -0.05) is 27.7 Å². The van der Waals surface area contributed by atoms with Gasteiger partial charge in [-0.3, -0.25) is 9.59 Å². The molecule has 38 heavy (non-hydrogen) atoms. The molecule has 6 rings (SSSR count). The van der Waals surface area contributed by atoms with Gasteiger partial charge in [0.05, 0.1) is 11.7 Å². The quantitative estimate of drug-likeness (QED) is 0.590. The summed E-state index contributed by atoms with van der Waals surface area (Å²) in [6.07, 6.45) is -1.77. The third-order valence-electron chi connectivity index (χ3n) is 10.8. The number of methoxy groups -OCH3 is 1. The number of carbonyl (C=O) groups excluding carboxylic acids is 3. The molecule has 3 aliphatic carbocycles. The molecule has 11 atom stereocenters. The fraction of sp³-hybridized carbons (Fsp3) is 0.690. The van der Waals surface area contributed by atoms with Crippen LogP contribution in [0, 0.1) is 40.4 Å². The van der Waals surface area contributed by atoms with E-state index in [2.05, 4.69) is 6.92 Å². The van der Waals surface area contributed by atoms with E-state index in [1.807, 2.05) is 20.8 Å². The molecule has 0 amide bonds. The second-order valence-corrected chi connectivity index (χ2v) is 12.3. The van der Waals surface area contributed by atoms with Gasteiger partial charge < -0.3 is 28.8 Å². The molecule has 0 aromatic heterocycles. The molecular formula is C29H36O9. The summed E-state index contributed by atoms with van der Waals surface area (Å²) >= 11 is 0. The van der Waals surface area contributed by atoms with Gasteiger partial charge in [0.15, 0.2) is 17.3 Å². The van der Waals surface area contributed by atoms with Crippen molar-refractivity contribution in [3.63, 3.8) is 0 Å². The maximum atomic E-state index is 13.9. The summed E-state index contributed by atoms with van der Waals surface area (Å²) in [5.41, 5.74) is -1.35. The molecule has 9 nitrogen and oxygen atoms in total. The number of carbonyl (C=O) groups is 3. The van der Waals surface area contributed by atoms with E-state index in [4.69, 9.17) is 23.7 Å². The number of rotatable bonds is 3. The minimum Gasteiger partial charge on any atom is -0.462 e. The lowest BCUT2D eigenvalue weighted by Gasteiger charge is -2.69. The fourth-order valence-corrected chi connectivity index (χ4v) is 9.06. The van der Waals surface area contributed by atoms with Crippen molar-refractivity contribution >= 4 is 17.7 Å². The minimum atomic E-state index is -1.10. The molecule has 9 heteroatoms. The van der Waals surface area contributed by atoms with E-state index in [0.717, 1.165) is 0 Å². The van der Waals surface area contributed by atoms with Gasteiger partial charge in [-0.25, -0.2) is 4.79 Å².